The molecule has 2 aromatic heterocycles. The lowest BCUT2D eigenvalue weighted by atomic mass is 9.93. The predicted molar refractivity (Wildman–Crippen MR) is 150 cm³/mol. The van der Waals surface area contributed by atoms with E-state index in [0.717, 1.165) is 67.8 Å². The van der Waals surface area contributed by atoms with Gasteiger partial charge >= 0.3 is 0 Å². The number of imidazole rings is 1. The van der Waals surface area contributed by atoms with Crippen LogP contribution in [0.15, 0.2) is 108 Å². The first-order valence-corrected chi connectivity index (χ1v) is 12.5. The molecule has 0 aliphatic heterocycles. The van der Waals surface area contributed by atoms with Gasteiger partial charge in [0.1, 0.15) is 5.65 Å². The van der Waals surface area contributed by atoms with Crippen molar-refractivity contribution in [1.82, 2.24) is 9.38 Å². The lowest BCUT2D eigenvalue weighted by Gasteiger charge is -2.12. The number of aryl methyl sites for hydroxylation is 1. The normalized spacial score (nSPS) is 11.8. The van der Waals surface area contributed by atoms with Gasteiger partial charge in [-0.05, 0) is 57.8 Å². The van der Waals surface area contributed by atoms with Crippen molar-refractivity contribution >= 4 is 38.2 Å². The fourth-order valence-corrected chi connectivity index (χ4v) is 5.60. The molecule has 0 N–H and O–H groups in total. The molecule has 0 spiro atoms. The number of pyridine rings is 1. The van der Waals surface area contributed by atoms with Crippen LogP contribution in [0.1, 0.15) is 18.9 Å². The Hall–Kier alpha value is -4.50. The van der Waals surface area contributed by atoms with Crippen LogP contribution < -0.4 is 5.56 Å². The zero-order chi connectivity index (χ0) is 24.2. The van der Waals surface area contributed by atoms with E-state index in [1.54, 1.807) is 4.40 Å². The molecule has 7 aromatic rings. The molecule has 172 valence electrons. The van der Waals surface area contributed by atoms with Gasteiger partial charge in [-0.25, -0.2) is 4.98 Å². The molecular weight excluding hydrogens is 440 g/mol. The summed E-state index contributed by atoms with van der Waals surface area (Å²) in [7, 11) is 0. The molecule has 0 saturated carbocycles. The van der Waals surface area contributed by atoms with Gasteiger partial charge in [-0.2, -0.15) is 0 Å². The summed E-state index contributed by atoms with van der Waals surface area (Å²) in [6.07, 6.45) is 2.17. The van der Waals surface area contributed by atoms with E-state index in [4.69, 9.17) is 4.98 Å². The van der Waals surface area contributed by atoms with Gasteiger partial charge in [0.25, 0.3) is 5.56 Å². The fourth-order valence-electron chi connectivity index (χ4n) is 5.60. The second-order valence-corrected chi connectivity index (χ2v) is 9.48. The van der Waals surface area contributed by atoms with Crippen LogP contribution in [0, 0.1) is 0 Å². The average molecular weight is 465 g/mol. The van der Waals surface area contributed by atoms with Gasteiger partial charge in [-0.1, -0.05) is 98.3 Å². The van der Waals surface area contributed by atoms with Crippen molar-refractivity contribution in [2.45, 2.75) is 19.8 Å². The highest BCUT2D eigenvalue weighted by atomic mass is 16.1. The molecule has 7 rings (SSSR count). The van der Waals surface area contributed by atoms with Gasteiger partial charge in [0.05, 0.1) is 11.0 Å². The molecule has 0 bridgehead atoms. The number of aromatic nitrogens is 2. The van der Waals surface area contributed by atoms with Crippen molar-refractivity contribution in [3.05, 3.63) is 119 Å². The Morgan fingerprint density at radius 3 is 2.36 bits per heavy atom. The molecule has 0 amide bonds. The summed E-state index contributed by atoms with van der Waals surface area (Å²) in [5.74, 6) is 0. The Labute approximate surface area is 208 Å². The Morgan fingerprint density at radius 1 is 0.694 bits per heavy atom. The van der Waals surface area contributed by atoms with Crippen LogP contribution in [0.25, 0.3) is 60.5 Å². The minimum Gasteiger partial charge on any atom is -0.268 e. The van der Waals surface area contributed by atoms with Crippen LogP contribution in [0.4, 0.5) is 0 Å². The zero-order valence-electron chi connectivity index (χ0n) is 20.0. The molecule has 36 heavy (non-hydrogen) atoms. The third-order valence-corrected chi connectivity index (χ3v) is 7.25. The van der Waals surface area contributed by atoms with Crippen molar-refractivity contribution in [3.63, 3.8) is 0 Å². The van der Waals surface area contributed by atoms with E-state index in [1.807, 2.05) is 30.3 Å². The topological polar surface area (TPSA) is 34.4 Å². The van der Waals surface area contributed by atoms with Crippen molar-refractivity contribution < 1.29 is 0 Å². The van der Waals surface area contributed by atoms with Crippen LogP contribution in [0.2, 0.25) is 0 Å². The number of rotatable bonds is 4. The summed E-state index contributed by atoms with van der Waals surface area (Å²) in [6, 6.07) is 35.6. The number of hydrogen-bond acceptors (Lipinski definition) is 2. The van der Waals surface area contributed by atoms with Crippen LogP contribution in [0.5, 0.6) is 0 Å². The van der Waals surface area contributed by atoms with E-state index in [2.05, 4.69) is 79.7 Å². The molecule has 3 heteroatoms. The first-order chi connectivity index (χ1) is 17.7. The van der Waals surface area contributed by atoms with Crippen molar-refractivity contribution in [3.8, 4) is 22.3 Å². The summed E-state index contributed by atoms with van der Waals surface area (Å²) in [6.45, 7) is 2.20. The van der Waals surface area contributed by atoms with E-state index in [1.165, 1.54) is 11.1 Å². The Balaban J connectivity index is 1.53. The summed E-state index contributed by atoms with van der Waals surface area (Å²) >= 11 is 0. The van der Waals surface area contributed by atoms with Crippen molar-refractivity contribution in [2.75, 3.05) is 0 Å². The van der Waals surface area contributed by atoms with Gasteiger partial charge in [-0.15, -0.1) is 0 Å². The highest BCUT2D eigenvalue weighted by Gasteiger charge is 2.18. The van der Waals surface area contributed by atoms with Crippen LogP contribution in [-0.2, 0) is 6.42 Å². The Bertz CT molecular complexity index is 1970. The molecule has 2 heterocycles. The quantitative estimate of drug-likeness (QED) is 0.265. The zero-order valence-corrected chi connectivity index (χ0v) is 20.0. The van der Waals surface area contributed by atoms with Crippen LogP contribution >= 0.6 is 0 Å². The van der Waals surface area contributed by atoms with E-state index >= 15 is 0 Å². The maximum Gasteiger partial charge on any atom is 0.264 e. The minimum absolute atomic E-state index is 0.0186. The monoisotopic (exact) mass is 464 g/mol. The number of nitrogens with zero attached hydrogens (tertiary/aromatic N) is 2. The lowest BCUT2D eigenvalue weighted by Crippen LogP contribution is -2.13. The molecule has 5 aromatic carbocycles. The average Bonchev–Trinajstić information content (AvgIpc) is 3.31. The van der Waals surface area contributed by atoms with Gasteiger partial charge in [0.15, 0.2) is 0 Å². The second-order valence-electron chi connectivity index (χ2n) is 9.48. The predicted octanol–water partition coefficient (Wildman–Crippen LogP) is 7.88. The van der Waals surface area contributed by atoms with Gasteiger partial charge in [0, 0.05) is 16.2 Å². The van der Waals surface area contributed by atoms with E-state index in [-0.39, 0.29) is 5.56 Å². The van der Waals surface area contributed by atoms with Gasteiger partial charge in [0.2, 0.25) is 0 Å². The smallest absolute Gasteiger partial charge is 0.264 e. The Morgan fingerprint density at radius 2 is 1.50 bits per heavy atom. The summed E-state index contributed by atoms with van der Waals surface area (Å²) in [5, 5.41) is 3.82. The first kappa shape index (κ1) is 20.8. The van der Waals surface area contributed by atoms with Crippen LogP contribution in [0.3, 0.4) is 0 Å². The highest BCUT2D eigenvalue weighted by molar-refractivity contribution is 6.19. The number of fused-ring (bicyclic) bond motifs is 4. The molecule has 3 nitrogen and oxygen atoms in total. The molecule has 0 radical (unpaired) electrons. The summed E-state index contributed by atoms with van der Waals surface area (Å²) in [5.41, 5.74) is 8.27. The molecular formula is C33H24N2O. The molecule has 0 unspecified atom stereocenters. The number of hydrogen-bond donors (Lipinski definition) is 0. The molecule has 0 saturated heterocycles. The van der Waals surface area contributed by atoms with Gasteiger partial charge in [-0.3, -0.25) is 9.20 Å². The summed E-state index contributed by atoms with van der Waals surface area (Å²) < 4.78 is 1.78. The maximum absolute atomic E-state index is 13.8. The lowest BCUT2D eigenvalue weighted by molar-refractivity contribution is 0.922. The summed E-state index contributed by atoms with van der Waals surface area (Å²) in [4.78, 5) is 18.8. The SMILES string of the molecule is CCCc1cccc(-c2ccc3c(=O)n4c5ccc(-c6ccccc6)cc5nc4c4cccc2c34)c1. The Kier molecular flexibility index (Phi) is 4.65. The third kappa shape index (κ3) is 3.06. The van der Waals surface area contributed by atoms with E-state index in [9.17, 15) is 4.79 Å². The van der Waals surface area contributed by atoms with Crippen molar-refractivity contribution in [1.29, 1.82) is 0 Å². The third-order valence-electron chi connectivity index (χ3n) is 7.25. The standard InChI is InChI=1S/C33H24N2O/c1-2-8-21-9-6-12-24(19-21)25-16-17-28-31-26(25)13-7-14-27(31)32-34-29-20-23(22-10-4-3-5-11-22)15-18-30(29)35(32)33(28)36/h3-7,9-20H,2,8H2,1H3. The van der Waals surface area contributed by atoms with Crippen molar-refractivity contribution in [2.24, 2.45) is 0 Å². The largest absolute Gasteiger partial charge is 0.268 e. The molecule has 0 aliphatic carbocycles. The first-order valence-electron chi connectivity index (χ1n) is 12.5. The maximum atomic E-state index is 13.8. The van der Waals surface area contributed by atoms with E-state index in [0.29, 0.717) is 0 Å². The fraction of sp³-hybridized carbons (Fsp3) is 0.0909. The molecule has 0 atom stereocenters. The number of benzene rings is 5. The second kappa shape index (κ2) is 8.03. The van der Waals surface area contributed by atoms with Gasteiger partial charge < -0.3 is 0 Å². The highest BCUT2D eigenvalue weighted by Crippen LogP contribution is 2.36. The van der Waals surface area contributed by atoms with E-state index < -0.39 is 0 Å². The van der Waals surface area contributed by atoms with Crippen LogP contribution in [-0.4, -0.2) is 9.38 Å². The minimum atomic E-state index is -0.0186. The molecule has 0 fully saturated rings. The molecule has 0 aliphatic rings.